The summed E-state index contributed by atoms with van der Waals surface area (Å²) < 4.78 is 46.2. The molecule has 0 aliphatic heterocycles. The number of carbonyl (C=O) groups is 2. The molecule has 1 aromatic heterocycles. The molecule has 0 radical (unpaired) electrons. The number of hydrogen-bond acceptors (Lipinski definition) is 4. The molecule has 30 heavy (non-hydrogen) atoms. The molecule has 0 unspecified atom stereocenters. The van der Waals surface area contributed by atoms with E-state index in [0.29, 0.717) is 16.8 Å². The maximum atomic E-state index is 13.6. The van der Waals surface area contributed by atoms with Gasteiger partial charge in [0.05, 0.1) is 18.5 Å². The van der Waals surface area contributed by atoms with E-state index in [0.717, 1.165) is 6.20 Å². The third-order valence-corrected chi connectivity index (χ3v) is 4.34. The second-order valence-electron chi connectivity index (χ2n) is 7.53. The minimum absolute atomic E-state index is 0.0188. The van der Waals surface area contributed by atoms with Crippen LogP contribution in [0.3, 0.4) is 0 Å². The molecule has 0 saturated carbocycles. The lowest BCUT2D eigenvalue weighted by atomic mass is 10.1. The van der Waals surface area contributed by atoms with Gasteiger partial charge in [0.15, 0.2) is 5.69 Å². The average molecular weight is 425 g/mol. The largest absolute Gasteiger partial charge is 0.462 e. The van der Waals surface area contributed by atoms with Gasteiger partial charge in [-0.25, -0.2) is 9.48 Å². The second kappa shape index (κ2) is 9.32. The number of ether oxygens (including phenoxy) is 1. The Morgan fingerprint density at radius 2 is 1.73 bits per heavy atom. The summed E-state index contributed by atoms with van der Waals surface area (Å²) in [6.07, 6.45) is -3.98. The lowest BCUT2D eigenvalue weighted by Crippen LogP contribution is -2.39. The van der Waals surface area contributed by atoms with Crippen LogP contribution in [0.2, 0.25) is 0 Å². The normalized spacial score (nSPS) is 11.8. The van der Waals surface area contributed by atoms with Gasteiger partial charge in [-0.1, -0.05) is 13.8 Å². The molecular weight excluding hydrogens is 399 g/mol. The summed E-state index contributed by atoms with van der Waals surface area (Å²) in [4.78, 5) is 26.4. The molecular formula is C21H26F3N3O3. The van der Waals surface area contributed by atoms with Gasteiger partial charge in [-0.3, -0.25) is 4.79 Å². The van der Waals surface area contributed by atoms with Crippen LogP contribution in [-0.4, -0.2) is 45.8 Å². The molecule has 2 aromatic rings. The summed E-state index contributed by atoms with van der Waals surface area (Å²) in [6, 6.07) is 5.64. The van der Waals surface area contributed by atoms with Crippen LogP contribution >= 0.6 is 0 Å². The summed E-state index contributed by atoms with van der Waals surface area (Å²) in [7, 11) is 0. The van der Waals surface area contributed by atoms with E-state index in [1.165, 1.54) is 31.2 Å². The molecule has 0 atom stereocenters. The van der Waals surface area contributed by atoms with Crippen LogP contribution in [-0.2, 0) is 10.9 Å². The number of benzene rings is 1. The van der Waals surface area contributed by atoms with Crippen molar-refractivity contribution < 1.29 is 27.5 Å². The highest BCUT2D eigenvalue weighted by Gasteiger charge is 2.41. The van der Waals surface area contributed by atoms with Gasteiger partial charge in [0.2, 0.25) is 0 Å². The minimum atomic E-state index is -4.82. The Morgan fingerprint density at radius 3 is 2.20 bits per heavy atom. The fourth-order valence-electron chi connectivity index (χ4n) is 3.01. The minimum Gasteiger partial charge on any atom is -0.462 e. The predicted molar refractivity (Wildman–Crippen MR) is 106 cm³/mol. The van der Waals surface area contributed by atoms with E-state index >= 15 is 0 Å². The van der Waals surface area contributed by atoms with Crippen LogP contribution in [0.4, 0.5) is 13.2 Å². The van der Waals surface area contributed by atoms with Crippen LogP contribution in [0.15, 0.2) is 30.5 Å². The SMILES string of the molecule is CCOC(=O)c1cnn(-c2ccc(C(=O)N(CC(C)C)C(C)C)cc2)c1C(F)(F)F. The summed E-state index contributed by atoms with van der Waals surface area (Å²) in [5.74, 6) is -1.02. The smallest absolute Gasteiger partial charge is 0.434 e. The molecule has 2 rings (SSSR count). The Kier molecular flexibility index (Phi) is 7.28. The average Bonchev–Trinajstić information content (AvgIpc) is 3.11. The Balaban J connectivity index is 2.41. The van der Waals surface area contributed by atoms with Gasteiger partial charge in [-0.2, -0.15) is 18.3 Å². The Hall–Kier alpha value is -2.84. The maximum Gasteiger partial charge on any atom is 0.434 e. The van der Waals surface area contributed by atoms with Crippen molar-refractivity contribution in [3.8, 4) is 5.69 Å². The Bertz CT molecular complexity index is 887. The van der Waals surface area contributed by atoms with Crippen LogP contribution < -0.4 is 0 Å². The van der Waals surface area contributed by atoms with Crippen molar-refractivity contribution in [2.45, 2.75) is 46.8 Å². The van der Waals surface area contributed by atoms with E-state index < -0.39 is 23.4 Å². The van der Waals surface area contributed by atoms with Gasteiger partial charge in [0.1, 0.15) is 5.56 Å². The first-order valence-electron chi connectivity index (χ1n) is 9.71. The number of alkyl halides is 3. The van der Waals surface area contributed by atoms with E-state index in [1.807, 2.05) is 27.7 Å². The third kappa shape index (κ3) is 5.20. The molecule has 164 valence electrons. The molecule has 0 saturated heterocycles. The lowest BCUT2D eigenvalue weighted by Gasteiger charge is -2.28. The molecule has 0 aliphatic carbocycles. The van der Waals surface area contributed by atoms with Gasteiger partial charge in [-0.15, -0.1) is 0 Å². The number of esters is 1. The first-order chi connectivity index (χ1) is 14.0. The molecule has 1 heterocycles. The fraction of sp³-hybridized carbons (Fsp3) is 0.476. The van der Waals surface area contributed by atoms with Gasteiger partial charge in [0, 0.05) is 18.2 Å². The maximum absolute atomic E-state index is 13.6. The van der Waals surface area contributed by atoms with Crippen molar-refractivity contribution in [3.63, 3.8) is 0 Å². The zero-order chi connectivity index (χ0) is 22.6. The molecule has 9 heteroatoms. The fourth-order valence-corrected chi connectivity index (χ4v) is 3.01. The van der Waals surface area contributed by atoms with E-state index in [9.17, 15) is 22.8 Å². The van der Waals surface area contributed by atoms with E-state index in [-0.39, 0.29) is 30.2 Å². The number of carbonyl (C=O) groups excluding carboxylic acids is 2. The Labute approximate surface area is 173 Å². The highest BCUT2D eigenvalue weighted by atomic mass is 19.4. The monoisotopic (exact) mass is 425 g/mol. The second-order valence-corrected chi connectivity index (χ2v) is 7.53. The van der Waals surface area contributed by atoms with Crippen molar-refractivity contribution >= 4 is 11.9 Å². The highest BCUT2D eigenvalue weighted by molar-refractivity contribution is 5.94. The van der Waals surface area contributed by atoms with Gasteiger partial charge >= 0.3 is 12.1 Å². The molecule has 0 bridgehead atoms. The molecule has 6 nitrogen and oxygen atoms in total. The molecule has 0 fully saturated rings. The summed E-state index contributed by atoms with van der Waals surface area (Å²) >= 11 is 0. The quantitative estimate of drug-likeness (QED) is 0.610. The summed E-state index contributed by atoms with van der Waals surface area (Å²) in [5.41, 5.74) is -1.44. The molecule has 0 N–H and O–H groups in total. The number of amides is 1. The number of hydrogen-bond donors (Lipinski definition) is 0. The zero-order valence-corrected chi connectivity index (χ0v) is 17.7. The van der Waals surface area contributed by atoms with Crippen molar-refractivity contribution in [1.82, 2.24) is 14.7 Å². The van der Waals surface area contributed by atoms with Crippen molar-refractivity contribution in [2.75, 3.05) is 13.2 Å². The number of rotatable bonds is 7. The molecule has 1 aromatic carbocycles. The Morgan fingerprint density at radius 1 is 1.13 bits per heavy atom. The first-order valence-corrected chi connectivity index (χ1v) is 9.71. The lowest BCUT2D eigenvalue weighted by molar-refractivity contribution is -0.143. The summed E-state index contributed by atoms with van der Waals surface area (Å²) in [6.45, 7) is 9.84. The van der Waals surface area contributed by atoms with Crippen LogP contribution in [0.1, 0.15) is 61.0 Å². The third-order valence-electron chi connectivity index (χ3n) is 4.34. The standard InChI is InChI=1S/C21H26F3N3O3/c1-6-30-20(29)17-11-25-27(18(17)21(22,23)24)16-9-7-15(8-10-16)19(28)26(14(4)5)12-13(2)3/h7-11,13-14H,6,12H2,1-5H3. The van der Waals surface area contributed by atoms with E-state index in [4.69, 9.17) is 4.74 Å². The van der Waals surface area contributed by atoms with Crippen molar-refractivity contribution in [1.29, 1.82) is 0 Å². The first kappa shape index (κ1) is 23.4. The zero-order valence-electron chi connectivity index (χ0n) is 17.7. The van der Waals surface area contributed by atoms with E-state index in [1.54, 1.807) is 4.90 Å². The number of halogens is 3. The number of nitrogens with zero attached hydrogens (tertiary/aromatic N) is 3. The molecule has 0 aliphatic rings. The predicted octanol–water partition coefficient (Wildman–Crippen LogP) is 4.57. The van der Waals surface area contributed by atoms with Crippen LogP contribution in [0.5, 0.6) is 0 Å². The summed E-state index contributed by atoms with van der Waals surface area (Å²) in [5, 5.41) is 3.73. The topological polar surface area (TPSA) is 64.4 Å². The van der Waals surface area contributed by atoms with Crippen molar-refractivity contribution in [3.05, 3.63) is 47.3 Å². The van der Waals surface area contributed by atoms with Crippen LogP contribution in [0, 0.1) is 5.92 Å². The highest BCUT2D eigenvalue weighted by Crippen LogP contribution is 2.34. The van der Waals surface area contributed by atoms with Gasteiger partial charge in [0.25, 0.3) is 5.91 Å². The van der Waals surface area contributed by atoms with Gasteiger partial charge in [-0.05, 0) is 51.0 Å². The molecule has 1 amide bonds. The van der Waals surface area contributed by atoms with Crippen LogP contribution in [0.25, 0.3) is 5.69 Å². The number of aromatic nitrogens is 2. The van der Waals surface area contributed by atoms with Crippen molar-refractivity contribution in [2.24, 2.45) is 5.92 Å². The van der Waals surface area contributed by atoms with Gasteiger partial charge < -0.3 is 9.64 Å². The van der Waals surface area contributed by atoms with E-state index in [2.05, 4.69) is 5.10 Å². The molecule has 0 spiro atoms.